The van der Waals surface area contributed by atoms with Gasteiger partial charge in [0.2, 0.25) is 5.69 Å². The highest BCUT2D eigenvalue weighted by molar-refractivity contribution is 5.33. The highest BCUT2D eigenvalue weighted by Crippen LogP contribution is 2.11. The summed E-state index contributed by atoms with van der Waals surface area (Å²) in [5.74, 6) is -0.0515. The van der Waals surface area contributed by atoms with Crippen molar-refractivity contribution in [3.63, 3.8) is 0 Å². The van der Waals surface area contributed by atoms with E-state index in [0.29, 0.717) is 6.54 Å². The van der Waals surface area contributed by atoms with Crippen molar-refractivity contribution >= 4 is 0 Å². The first kappa shape index (κ1) is 6.62. The van der Waals surface area contributed by atoms with Crippen LogP contribution in [0.2, 0.25) is 0 Å². The second kappa shape index (κ2) is 2.40. The molecule has 0 unspecified atom stereocenters. The fourth-order valence-electron chi connectivity index (χ4n) is 0.652. The molecule has 0 aromatic carbocycles. The second-order valence-corrected chi connectivity index (χ2v) is 1.83. The molecule has 1 N–H and O–H groups in total. The summed E-state index contributed by atoms with van der Waals surface area (Å²) >= 11 is 0. The summed E-state index contributed by atoms with van der Waals surface area (Å²) in [5.41, 5.74) is 0.0850. The van der Waals surface area contributed by atoms with Crippen LogP contribution in [0.25, 0.3) is 0 Å². The lowest BCUT2D eigenvalue weighted by atomic mass is 10.4. The van der Waals surface area contributed by atoms with E-state index in [1.165, 1.54) is 10.9 Å². The van der Waals surface area contributed by atoms with E-state index in [-0.39, 0.29) is 11.4 Å². The van der Waals surface area contributed by atoms with Crippen molar-refractivity contribution in [1.82, 2.24) is 9.78 Å². The minimum atomic E-state index is -0.0515. The Morgan fingerprint density at radius 1 is 1.90 bits per heavy atom. The molecular weight excluding hydrogens is 130 g/mol. The predicted molar refractivity (Wildman–Crippen MR) is 34.3 cm³/mol. The number of hydrogen-bond acceptors (Lipinski definition) is 3. The van der Waals surface area contributed by atoms with Gasteiger partial charge in [-0.05, 0) is 6.92 Å². The van der Waals surface area contributed by atoms with Gasteiger partial charge in [-0.3, -0.25) is 4.68 Å². The summed E-state index contributed by atoms with van der Waals surface area (Å²) in [6, 6.07) is 1.77. The first-order chi connectivity index (χ1) is 4.77. The van der Waals surface area contributed by atoms with Crippen molar-refractivity contribution in [3.05, 3.63) is 11.9 Å². The summed E-state index contributed by atoms with van der Waals surface area (Å²) in [6.45, 7) is 2.54. The Morgan fingerprint density at radius 2 is 2.60 bits per heavy atom. The van der Waals surface area contributed by atoms with Gasteiger partial charge in [0.15, 0.2) is 5.75 Å². The van der Waals surface area contributed by atoms with Gasteiger partial charge in [-0.2, -0.15) is 10.4 Å². The summed E-state index contributed by atoms with van der Waals surface area (Å²) in [7, 11) is 0. The third kappa shape index (κ3) is 0.935. The van der Waals surface area contributed by atoms with Crippen molar-refractivity contribution < 1.29 is 5.11 Å². The molecule has 0 aliphatic heterocycles. The third-order valence-corrected chi connectivity index (χ3v) is 1.17. The predicted octanol–water partition coefficient (Wildman–Crippen LogP) is 0.480. The topological polar surface area (TPSA) is 61.8 Å². The lowest BCUT2D eigenvalue weighted by molar-refractivity contribution is 0.472. The van der Waals surface area contributed by atoms with Crippen LogP contribution in [-0.2, 0) is 6.54 Å². The molecule has 0 radical (unpaired) electrons. The number of aryl methyl sites for hydroxylation is 1. The van der Waals surface area contributed by atoms with Crippen LogP contribution in [-0.4, -0.2) is 14.9 Å². The van der Waals surface area contributed by atoms with E-state index < -0.39 is 0 Å². The van der Waals surface area contributed by atoms with E-state index in [9.17, 15) is 0 Å². The van der Waals surface area contributed by atoms with Crippen molar-refractivity contribution in [2.45, 2.75) is 13.5 Å². The molecule has 0 amide bonds. The molecule has 1 heterocycles. The average Bonchev–Trinajstić information content (AvgIpc) is 2.30. The molecule has 0 saturated heterocycles. The van der Waals surface area contributed by atoms with Crippen molar-refractivity contribution in [1.29, 1.82) is 5.26 Å². The van der Waals surface area contributed by atoms with Crippen molar-refractivity contribution in [2.75, 3.05) is 0 Å². The van der Waals surface area contributed by atoms with E-state index in [1.54, 1.807) is 6.07 Å². The number of aromatic hydroxyl groups is 1. The first-order valence-electron chi connectivity index (χ1n) is 2.94. The molecule has 1 aromatic rings. The van der Waals surface area contributed by atoms with Crippen LogP contribution < -0.4 is 0 Å². The molecule has 0 atom stereocenters. The standard InChI is InChI=1S/C6H7N3O/c1-2-9-4-6(10)5(3-7)8-9/h4,10H,2H2,1H3. The zero-order valence-electron chi connectivity index (χ0n) is 5.57. The van der Waals surface area contributed by atoms with Gasteiger partial charge in [0.05, 0.1) is 6.20 Å². The number of rotatable bonds is 1. The third-order valence-electron chi connectivity index (χ3n) is 1.17. The summed E-state index contributed by atoms with van der Waals surface area (Å²) in [4.78, 5) is 0. The maximum atomic E-state index is 8.96. The minimum absolute atomic E-state index is 0.0515. The van der Waals surface area contributed by atoms with Gasteiger partial charge in [-0.25, -0.2) is 0 Å². The van der Waals surface area contributed by atoms with Crippen LogP contribution in [0.5, 0.6) is 5.75 Å². The number of nitriles is 1. The van der Waals surface area contributed by atoms with Gasteiger partial charge in [-0.1, -0.05) is 0 Å². The molecule has 0 bridgehead atoms. The number of hydrogen-bond donors (Lipinski definition) is 1. The maximum Gasteiger partial charge on any atom is 0.204 e. The molecule has 1 aromatic heterocycles. The Balaban J connectivity index is 3.07. The van der Waals surface area contributed by atoms with Crippen LogP contribution >= 0.6 is 0 Å². The van der Waals surface area contributed by atoms with E-state index in [1.807, 2.05) is 6.92 Å². The largest absolute Gasteiger partial charge is 0.504 e. The quantitative estimate of drug-likeness (QED) is 0.612. The molecule has 4 nitrogen and oxygen atoms in total. The summed E-state index contributed by atoms with van der Waals surface area (Å²) in [5, 5.41) is 21.1. The Hall–Kier alpha value is -1.50. The molecule has 10 heavy (non-hydrogen) atoms. The van der Waals surface area contributed by atoms with Gasteiger partial charge in [0, 0.05) is 6.54 Å². The smallest absolute Gasteiger partial charge is 0.204 e. The van der Waals surface area contributed by atoms with Gasteiger partial charge in [-0.15, -0.1) is 0 Å². The SMILES string of the molecule is CCn1cc(O)c(C#N)n1. The molecule has 0 spiro atoms. The molecule has 0 aliphatic carbocycles. The van der Waals surface area contributed by atoms with Crippen molar-refractivity contribution in [3.8, 4) is 11.8 Å². The Labute approximate surface area is 58.3 Å². The minimum Gasteiger partial charge on any atom is -0.504 e. The van der Waals surface area contributed by atoms with Gasteiger partial charge in [0.1, 0.15) is 6.07 Å². The molecule has 0 aliphatic rings. The van der Waals surface area contributed by atoms with E-state index in [0.717, 1.165) is 0 Å². The highest BCUT2D eigenvalue weighted by atomic mass is 16.3. The Kier molecular flexibility index (Phi) is 1.59. The fourth-order valence-corrected chi connectivity index (χ4v) is 0.652. The van der Waals surface area contributed by atoms with E-state index >= 15 is 0 Å². The van der Waals surface area contributed by atoms with Crippen LogP contribution in [0.4, 0.5) is 0 Å². The second-order valence-electron chi connectivity index (χ2n) is 1.83. The van der Waals surface area contributed by atoms with Crippen LogP contribution in [0.1, 0.15) is 12.6 Å². The van der Waals surface area contributed by atoms with Crippen LogP contribution in [0.3, 0.4) is 0 Å². The van der Waals surface area contributed by atoms with Crippen molar-refractivity contribution in [2.24, 2.45) is 0 Å². The van der Waals surface area contributed by atoms with Gasteiger partial charge < -0.3 is 5.11 Å². The van der Waals surface area contributed by atoms with Crippen LogP contribution in [0, 0.1) is 11.3 Å². The summed E-state index contributed by atoms with van der Waals surface area (Å²) < 4.78 is 1.51. The van der Waals surface area contributed by atoms with E-state index in [4.69, 9.17) is 10.4 Å². The zero-order valence-corrected chi connectivity index (χ0v) is 5.57. The lowest BCUT2D eigenvalue weighted by Gasteiger charge is -1.87. The molecule has 1 rings (SSSR count). The van der Waals surface area contributed by atoms with Crippen LogP contribution in [0.15, 0.2) is 6.20 Å². The zero-order chi connectivity index (χ0) is 7.56. The molecule has 4 heteroatoms. The maximum absolute atomic E-state index is 8.96. The lowest BCUT2D eigenvalue weighted by Crippen LogP contribution is -1.93. The summed E-state index contributed by atoms with van der Waals surface area (Å²) in [6.07, 6.45) is 1.43. The number of aromatic nitrogens is 2. The number of nitrogens with zero attached hydrogens (tertiary/aromatic N) is 3. The van der Waals surface area contributed by atoms with Gasteiger partial charge >= 0.3 is 0 Å². The monoisotopic (exact) mass is 137 g/mol. The normalized spacial score (nSPS) is 9.20. The molecule has 52 valence electrons. The molecule has 0 saturated carbocycles. The molecule has 0 fully saturated rings. The average molecular weight is 137 g/mol. The highest BCUT2D eigenvalue weighted by Gasteiger charge is 2.03. The molecular formula is C6H7N3O. The van der Waals surface area contributed by atoms with E-state index in [2.05, 4.69) is 5.10 Å². The Bertz CT molecular complexity index is 271. The van der Waals surface area contributed by atoms with Gasteiger partial charge in [0.25, 0.3) is 0 Å². The fraction of sp³-hybridized carbons (Fsp3) is 0.333. The Morgan fingerprint density at radius 3 is 2.90 bits per heavy atom. The first-order valence-corrected chi connectivity index (χ1v) is 2.94.